The molecule has 1 unspecified atom stereocenters. The van der Waals surface area contributed by atoms with Crippen LogP contribution in [-0.2, 0) is 0 Å². The molecule has 1 aromatic heterocycles. The Morgan fingerprint density at radius 2 is 2.16 bits per heavy atom. The summed E-state index contributed by atoms with van der Waals surface area (Å²) >= 11 is 2.34. The number of aromatic nitrogens is 2. The summed E-state index contributed by atoms with van der Waals surface area (Å²) in [6.45, 7) is 6.20. The highest BCUT2D eigenvalue weighted by atomic mass is 127. The van der Waals surface area contributed by atoms with E-state index in [1.165, 1.54) is 23.7 Å². The zero-order valence-electron chi connectivity index (χ0n) is 11.6. The minimum atomic E-state index is 0.134. The van der Waals surface area contributed by atoms with E-state index in [0.717, 1.165) is 12.2 Å². The molecule has 1 heterocycles. The van der Waals surface area contributed by atoms with Crippen LogP contribution in [0.15, 0.2) is 24.4 Å². The van der Waals surface area contributed by atoms with Crippen LogP contribution in [0.4, 0.5) is 0 Å². The highest BCUT2D eigenvalue weighted by Crippen LogP contribution is 2.43. The van der Waals surface area contributed by atoms with Crippen molar-refractivity contribution in [3.05, 3.63) is 24.4 Å². The summed E-state index contributed by atoms with van der Waals surface area (Å²) in [7, 11) is 0. The summed E-state index contributed by atoms with van der Waals surface area (Å²) < 4.78 is 8.10. The number of hydrogen-bond donors (Lipinski definition) is 0. The molecular weight excluding hydrogens is 370 g/mol. The van der Waals surface area contributed by atoms with Gasteiger partial charge in [-0.1, -0.05) is 20.8 Å². The second kappa shape index (κ2) is 6.40. The third-order valence-corrected chi connectivity index (χ3v) is 5.29. The van der Waals surface area contributed by atoms with Crippen molar-refractivity contribution in [2.45, 2.75) is 45.6 Å². The second-order valence-corrected chi connectivity index (χ2v) is 6.54. The molecule has 104 valence electrons. The lowest BCUT2D eigenvalue weighted by Crippen LogP contribution is -2.16. The maximum absolute atomic E-state index is 6.08. The summed E-state index contributed by atoms with van der Waals surface area (Å²) in [6, 6.07) is 6.27. The molecule has 3 nitrogen and oxygen atoms in total. The Balaban J connectivity index is 0.000000637. The van der Waals surface area contributed by atoms with Crippen molar-refractivity contribution in [3.8, 4) is 5.75 Å². The standard InChI is InChI=1S/C12H14IN2OP.C2H6/c1-2-12(5-6-12)16-10-3-4-11-9(7-10)8-14-15(11)17-13;1-2/h3-4,7-8,17H,2,5-6H2,1H3;1-2H3. The number of fused-ring (bicyclic) bond motifs is 1. The maximum atomic E-state index is 6.08. The van der Waals surface area contributed by atoms with Gasteiger partial charge in [0.2, 0.25) is 0 Å². The molecule has 0 amide bonds. The predicted molar refractivity (Wildman–Crippen MR) is 91.7 cm³/mol. The normalized spacial score (nSPS) is 16.4. The van der Waals surface area contributed by atoms with E-state index in [4.69, 9.17) is 4.74 Å². The van der Waals surface area contributed by atoms with Crippen molar-refractivity contribution in [2.75, 3.05) is 0 Å². The fourth-order valence-corrected chi connectivity index (χ4v) is 3.61. The van der Waals surface area contributed by atoms with Gasteiger partial charge in [-0.15, -0.1) is 0 Å². The van der Waals surface area contributed by atoms with Crippen molar-refractivity contribution >= 4 is 39.3 Å². The first-order valence-electron chi connectivity index (χ1n) is 6.80. The molecule has 0 aliphatic heterocycles. The second-order valence-electron chi connectivity index (χ2n) is 4.50. The number of benzene rings is 1. The lowest BCUT2D eigenvalue weighted by molar-refractivity contribution is 0.175. The molecule has 5 heteroatoms. The maximum Gasteiger partial charge on any atom is 0.120 e. The number of halogens is 1. The Labute approximate surface area is 129 Å². The van der Waals surface area contributed by atoms with Gasteiger partial charge in [0.15, 0.2) is 0 Å². The molecule has 2 aromatic rings. The molecule has 19 heavy (non-hydrogen) atoms. The summed E-state index contributed by atoms with van der Waals surface area (Å²) in [5.41, 5.74) is 1.32. The number of hydrogen-bond acceptors (Lipinski definition) is 2. The van der Waals surface area contributed by atoms with Gasteiger partial charge in [0.25, 0.3) is 0 Å². The van der Waals surface area contributed by atoms with E-state index in [1.54, 1.807) is 0 Å². The van der Waals surface area contributed by atoms with Crippen LogP contribution in [-0.4, -0.2) is 15.2 Å². The molecule has 1 fully saturated rings. The molecule has 0 bridgehead atoms. The Kier molecular flexibility index (Phi) is 5.07. The van der Waals surface area contributed by atoms with Crippen molar-refractivity contribution in [3.63, 3.8) is 0 Å². The van der Waals surface area contributed by atoms with Gasteiger partial charge in [0, 0.05) is 5.39 Å². The van der Waals surface area contributed by atoms with Gasteiger partial charge in [-0.25, -0.2) is 4.45 Å². The van der Waals surface area contributed by atoms with Crippen molar-refractivity contribution in [2.24, 2.45) is 0 Å². The molecule has 1 aliphatic rings. The Bertz CT molecular complexity index is 551. The monoisotopic (exact) mass is 390 g/mol. The molecule has 3 rings (SSSR count). The lowest BCUT2D eigenvalue weighted by Gasteiger charge is -2.15. The molecule has 1 atom stereocenters. The fraction of sp³-hybridized carbons (Fsp3) is 0.500. The van der Waals surface area contributed by atoms with Crippen molar-refractivity contribution < 1.29 is 4.74 Å². The summed E-state index contributed by atoms with van der Waals surface area (Å²) in [5, 5.41) is 5.52. The minimum absolute atomic E-state index is 0.134. The topological polar surface area (TPSA) is 27.1 Å². The van der Waals surface area contributed by atoms with Gasteiger partial charge in [-0.2, -0.15) is 5.10 Å². The van der Waals surface area contributed by atoms with Crippen LogP contribution in [0.1, 0.15) is 40.0 Å². The van der Waals surface area contributed by atoms with Crippen LogP contribution < -0.4 is 4.74 Å². The molecule has 0 N–H and O–H groups in total. The van der Waals surface area contributed by atoms with Gasteiger partial charge >= 0.3 is 0 Å². The summed E-state index contributed by atoms with van der Waals surface area (Å²) in [6.07, 6.45) is 6.04. The van der Waals surface area contributed by atoms with Crippen LogP contribution in [0, 0.1) is 0 Å². The van der Waals surface area contributed by atoms with E-state index in [-0.39, 0.29) is 5.60 Å². The smallest absolute Gasteiger partial charge is 0.120 e. The van der Waals surface area contributed by atoms with Crippen molar-refractivity contribution in [1.82, 2.24) is 9.55 Å². The molecule has 0 saturated heterocycles. The van der Waals surface area contributed by atoms with Gasteiger partial charge in [-0.3, -0.25) is 0 Å². The van der Waals surface area contributed by atoms with Gasteiger partial charge in [0.1, 0.15) is 11.4 Å². The fourth-order valence-electron chi connectivity index (χ4n) is 2.06. The minimum Gasteiger partial charge on any atom is -0.487 e. The SMILES string of the molecule is CC.CCC1(Oc2ccc3c(cnn3PI)c2)CC1. The first-order valence-corrected chi connectivity index (χ1v) is 10.9. The zero-order valence-corrected chi connectivity index (χ0v) is 14.8. The van der Waals surface area contributed by atoms with Crippen LogP contribution in [0.2, 0.25) is 0 Å². The predicted octanol–water partition coefficient (Wildman–Crippen LogP) is 5.18. The van der Waals surface area contributed by atoms with Crippen LogP contribution in [0.25, 0.3) is 10.9 Å². The molecule has 1 aliphatic carbocycles. The van der Waals surface area contributed by atoms with E-state index < -0.39 is 0 Å². The number of rotatable bonds is 4. The van der Waals surface area contributed by atoms with Gasteiger partial charge in [0.05, 0.1) is 18.1 Å². The van der Waals surface area contributed by atoms with Crippen LogP contribution in [0.3, 0.4) is 0 Å². The molecule has 0 spiro atoms. The first kappa shape index (κ1) is 15.0. The average Bonchev–Trinajstić information content (AvgIpc) is 3.12. The quantitative estimate of drug-likeness (QED) is 0.532. The van der Waals surface area contributed by atoms with Gasteiger partial charge in [-0.05, 0) is 59.5 Å². The van der Waals surface area contributed by atoms with Crippen LogP contribution in [0.5, 0.6) is 5.75 Å². The van der Waals surface area contributed by atoms with E-state index >= 15 is 0 Å². The largest absolute Gasteiger partial charge is 0.487 e. The lowest BCUT2D eigenvalue weighted by atomic mass is 10.2. The average molecular weight is 390 g/mol. The Morgan fingerprint density at radius 1 is 1.42 bits per heavy atom. The molecule has 1 aromatic carbocycles. The zero-order chi connectivity index (χ0) is 13.9. The highest BCUT2D eigenvalue weighted by Gasteiger charge is 2.43. The Morgan fingerprint density at radius 3 is 2.74 bits per heavy atom. The van der Waals surface area contributed by atoms with E-state index in [2.05, 4.69) is 52.3 Å². The number of nitrogens with zero attached hydrogens (tertiary/aromatic N) is 2. The first-order chi connectivity index (χ1) is 9.26. The molecule has 0 radical (unpaired) electrons. The van der Waals surface area contributed by atoms with Crippen molar-refractivity contribution in [1.29, 1.82) is 0 Å². The third kappa shape index (κ3) is 3.22. The van der Waals surface area contributed by atoms with E-state index in [9.17, 15) is 0 Å². The highest BCUT2D eigenvalue weighted by molar-refractivity contribution is 14.2. The molecular formula is C14H20IN2OP. The van der Waals surface area contributed by atoms with Gasteiger partial charge < -0.3 is 4.74 Å². The van der Waals surface area contributed by atoms with E-state index in [0.29, 0.717) is 6.37 Å². The molecule has 1 saturated carbocycles. The van der Waals surface area contributed by atoms with E-state index in [1.807, 2.05) is 24.5 Å². The van der Waals surface area contributed by atoms with Crippen LogP contribution >= 0.6 is 28.4 Å². The Hall–Kier alpha value is -0.350. The summed E-state index contributed by atoms with van der Waals surface area (Å²) in [5.74, 6) is 0.980. The third-order valence-electron chi connectivity index (χ3n) is 3.41. The summed E-state index contributed by atoms with van der Waals surface area (Å²) in [4.78, 5) is 0. The number of ether oxygens (including phenoxy) is 1.